The highest BCUT2D eigenvalue weighted by atomic mass is 32.1. The fourth-order valence-corrected chi connectivity index (χ4v) is 10.4. The number of amides is 4. The summed E-state index contributed by atoms with van der Waals surface area (Å²) in [6, 6.07) is 7.96. The van der Waals surface area contributed by atoms with Crippen LogP contribution in [0.15, 0.2) is 41.9 Å². The fraction of sp³-hybridized carbons (Fsp3) is 0.583. The molecule has 0 spiro atoms. The molecule has 16 nitrogen and oxygen atoms in total. The molecule has 352 valence electrons. The van der Waals surface area contributed by atoms with Crippen molar-refractivity contribution in [2.24, 2.45) is 23.2 Å². The summed E-state index contributed by atoms with van der Waals surface area (Å²) in [4.78, 5) is 69.8. The molecule has 0 unspecified atom stereocenters. The van der Waals surface area contributed by atoms with Crippen molar-refractivity contribution < 1.29 is 38.5 Å². The van der Waals surface area contributed by atoms with Crippen molar-refractivity contribution >= 4 is 46.1 Å². The number of aryl methyl sites for hydroxylation is 1. The van der Waals surface area contributed by atoms with Gasteiger partial charge < -0.3 is 39.0 Å². The number of ether oxygens (including phenoxy) is 3. The summed E-state index contributed by atoms with van der Waals surface area (Å²) in [5.41, 5.74) is 6.36. The Bertz CT molecular complexity index is 2390. The summed E-state index contributed by atoms with van der Waals surface area (Å²) in [5, 5.41) is 19.6. The molecule has 3 aliphatic rings. The lowest BCUT2D eigenvalue weighted by Crippen LogP contribution is -2.67. The van der Waals surface area contributed by atoms with Crippen LogP contribution in [0.25, 0.3) is 33.4 Å². The average molecular weight is 915 g/mol. The molecular formula is C48H66N8O8S. The molecular weight excluding hydrogens is 849 g/mol. The number of hydrogen-bond donors (Lipinski definition) is 3. The number of fused-ring (bicyclic) bond motifs is 6. The fourth-order valence-electron chi connectivity index (χ4n) is 9.56. The van der Waals surface area contributed by atoms with E-state index in [9.17, 15) is 24.3 Å². The third kappa shape index (κ3) is 9.80. The number of aliphatic hydroxyl groups is 1. The van der Waals surface area contributed by atoms with E-state index in [1.54, 1.807) is 32.4 Å². The quantitative estimate of drug-likeness (QED) is 0.155. The first-order chi connectivity index (χ1) is 30.9. The number of aromatic nitrogens is 3. The Hall–Kier alpha value is -4.94. The maximum atomic E-state index is 14.6. The predicted octanol–water partition coefficient (Wildman–Crippen LogP) is 5.81. The van der Waals surface area contributed by atoms with Gasteiger partial charge in [-0.1, -0.05) is 40.7 Å². The van der Waals surface area contributed by atoms with Gasteiger partial charge in [0.1, 0.15) is 12.1 Å². The van der Waals surface area contributed by atoms with E-state index >= 15 is 0 Å². The number of urea groups is 1. The normalized spacial score (nSPS) is 21.9. The molecule has 2 saturated heterocycles. The van der Waals surface area contributed by atoms with Crippen LogP contribution in [0.5, 0.6) is 0 Å². The third-order valence-corrected chi connectivity index (χ3v) is 14.2. The molecule has 0 saturated carbocycles. The first-order valence-corrected chi connectivity index (χ1v) is 23.7. The molecule has 6 bridgehead atoms. The van der Waals surface area contributed by atoms with Crippen molar-refractivity contribution in [1.82, 2.24) is 40.1 Å². The summed E-state index contributed by atoms with van der Waals surface area (Å²) < 4.78 is 19.4. The van der Waals surface area contributed by atoms with Gasteiger partial charge in [0, 0.05) is 106 Å². The number of nitrogens with zero attached hydrogens (tertiary/aromatic N) is 6. The molecule has 2 fully saturated rings. The van der Waals surface area contributed by atoms with E-state index in [1.165, 1.54) is 21.2 Å². The van der Waals surface area contributed by atoms with Gasteiger partial charge in [0.05, 0.1) is 34.8 Å². The number of thiazole rings is 1. The second kappa shape index (κ2) is 19.5. The minimum atomic E-state index is -2.21. The maximum absolute atomic E-state index is 14.6. The molecule has 5 atom stereocenters. The monoisotopic (exact) mass is 914 g/mol. The molecule has 4 aromatic rings. The SMILES string of the molecule is CCn1c(-c2cccnc2[C@H](C)OC)c2c3cc(ccc31)-c1csc(n1)C[C@H](NC(=O)[C@H](C(C)C)N(C)C(=O)N1CC([C@H](C)COC)C1)C(=O)N1CCC[C@@](O)(N1)C(=O)OCC(C)(C)C2. The molecule has 0 aliphatic carbocycles. The van der Waals surface area contributed by atoms with Crippen molar-refractivity contribution in [2.45, 2.75) is 105 Å². The Kier molecular flexibility index (Phi) is 14.4. The zero-order chi connectivity index (χ0) is 47.0. The smallest absolute Gasteiger partial charge is 0.355 e. The Balaban J connectivity index is 1.27. The van der Waals surface area contributed by atoms with Gasteiger partial charge in [0.25, 0.3) is 5.91 Å². The molecule has 4 amide bonds. The number of pyridine rings is 1. The minimum Gasteiger partial charge on any atom is -0.462 e. The van der Waals surface area contributed by atoms with Crippen molar-refractivity contribution in [3.05, 3.63) is 58.2 Å². The topological polar surface area (TPSA) is 181 Å². The Morgan fingerprint density at radius 2 is 1.89 bits per heavy atom. The number of likely N-dealkylation sites (N-methyl/N-ethyl adjacent to an activating group) is 1. The first-order valence-electron chi connectivity index (χ1n) is 22.8. The first kappa shape index (κ1) is 48.0. The van der Waals surface area contributed by atoms with E-state index in [2.05, 4.69) is 53.4 Å². The molecule has 0 radical (unpaired) electrons. The Morgan fingerprint density at radius 1 is 1.14 bits per heavy atom. The van der Waals surface area contributed by atoms with E-state index in [0.29, 0.717) is 49.3 Å². The number of carbonyl (C=O) groups excluding carboxylic acids is 4. The number of methoxy groups -OCH3 is 2. The van der Waals surface area contributed by atoms with Gasteiger partial charge in [0.15, 0.2) is 0 Å². The Morgan fingerprint density at radius 3 is 2.58 bits per heavy atom. The van der Waals surface area contributed by atoms with Crippen molar-refractivity contribution in [3.8, 4) is 22.5 Å². The number of hydrogen-bond acceptors (Lipinski definition) is 12. The highest BCUT2D eigenvalue weighted by Gasteiger charge is 2.46. The number of nitrogens with one attached hydrogen (secondary N) is 2. The molecule has 6 heterocycles. The van der Waals surface area contributed by atoms with Crippen LogP contribution in [0.3, 0.4) is 0 Å². The van der Waals surface area contributed by atoms with Gasteiger partial charge in [-0.05, 0) is 74.3 Å². The number of benzene rings is 1. The number of cyclic esters (lactones) is 1. The summed E-state index contributed by atoms with van der Waals surface area (Å²) >= 11 is 1.38. The van der Waals surface area contributed by atoms with Gasteiger partial charge in [-0.3, -0.25) is 19.6 Å². The number of carbonyl (C=O) groups is 4. The lowest BCUT2D eigenvalue weighted by Gasteiger charge is -2.45. The zero-order valence-electron chi connectivity index (χ0n) is 39.5. The lowest BCUT2D eigenvalue weighted by molar-refractivity contribution is -0.189. The van der Waals surface area contributed by atoms with Crippen LogP contribution < -0.4 is 10.7 Å². The second-order valence-corrected chi connectivity index (χ2v) is 20.1. The van der Waals surface area contributed by atoms with E-state index in [1.807, 2.05) is 46.1 Å². The number of rotatable bonds is 11. The zero-order valence-corrected chi connectivity index (χ0v) is 40.3. The van der Waals surface area contributed by atoms with E-state index < -0.39 is 41.0 Å². The van der Waals surface area contributed by atoms with Gasteiger partial charge in [-0.25, -0.2) is 14.6 Å². The van der Waals surface area contributed by atoms with Crippen molar-refractivity contribution in [1.29, 1.82) is 0 Å². The molecule has 3 aliphatic heterocycles. The Labute approximate surface area is 386 Å². The van der Waals surface area contributed by atoms with Crippen LogP contribution in [0, 0.1) is 23.2 Å². The summed E-state index contributed by atoms with van der Waals surface area (Å²) in [6.07, 6.45) is 2.30. The van der Waals surface area contributed by atoms with Crippen LogP contribution in [0.1, 0.15) is 83.7 Å². The molecule has 3 N–H and O–H groups in total. The van der Waals surface area contributed by atoms with Crippen LogP contribution in [-0.2, 0) is 48.0 Å². The number of likely N-dealkylation sites (tertiary alicyclic amines) is 1. The summed E-state index contributed by atoms with van der Waals surface area (Å²) in [5.74, 6) is -1.68. The highest BCUT2D eigenvalue weighted by molar-refractivity contribution is 7.10. The third-order valence-electron chi connectivity index (χ3n) is 13.3. The van der Waals surface area contributed by atoms with Crippen molar-refractivity contribution in [3.63, 3.8) is 0 Å². The minimum absolute atomic E-state index is 0.00518. The highest BCUT2D eigenvalue weighted by Crippen LogP contribution is 2.42. The van der Waals surface area contributed by atoms with Gasteiger partial charge in [-0.15, -0.1) is 11.3 Å². The van der Waals surface area contributed by atoms with Crippen LogP contribution >= 0.6 is 11.3 Å². The van der Waals surface area contributed by atoms with Crippen LogP contribution in [0.2, 0.25) is 0 Å². The van der Waals surface area contributed by atoms with Crippen molar-refractivity contribution in [2.75, 3.05) is 54.1 Å². The van der Waals surface area contributed by atoms with Crippen LogP contribution in [-0.4, -0.2) is 130 Å². The molecule has 7 rings (SSSR count). The molecule has 17 heteroatoms. The van der Waals surface area contributed by atoms with E-state index in [-0.39, 0.29) is 56.4 Å². The number of hydrazine groups is 1. The van der Waals surface area contributed by atoms with Crippen LogP contribution in [0.4, 0.5) is 4.79 Å². The maximum Gasteiger partial charge on any atom is 0.355 e. The molecule has 65 heavy (non-hydrogen) atoms. The largest absolute Gasteiger partial charge is 0.462 e. The summed E-state index contributed by atoms with van der Waals surface area (Å²) in [6.45, 7) is 16.5. The second-order valence-electron chi connectivity index (χ2n) is 19.2. The van der Waals surface area contributed by atoms with Gasteiger partial charge in [0.2, 0.25) is 11.6 Å². The number of esters is 1. The van der Waals surface area contributed by atoms with Gasteiger partial charge >= 0.3 is 12.0 Å². The molecule has 1 aromatic carbocycles. The summed E-state index contributed by atoms with van der Waals surface area (Å²) in [7, 11) is 4.95. The average Bonchev–Trinajstić information content (AvgIpc) is 3.85. The molecule has 3 aromatic heterocycles. The van der Waals surface area contributed by atoms with E-state index in [4.69, 9.17) is 24.2 Å². The standard InChI is InChI=1S/C48H66N8O8S/c1-11-55-38-16-15-31-20-34(38)35(42(55)33-14-12-18-49-40(33)30(5)63-10)22-47(6,7)27-64-45(59)48(61)17-13-19-56(52-48)44(58)36(21-39-50-37(31)26-65-39)51-43(57)41(28(2)3)53(8)46(60)54-23-32(24-54)29(4)25-62-9/h12,14-16,18,20,26,28-30,32,36,41,52,61H,11,13,17,19,21-25,27H2,1-10H3,(H,51,57)/t29-,30+,36+,41+,48+/m1/s1. The van der Waals surface area contributed by atoms with E-state index in [0.717, 1.165) is 39.0 Å². The van der Waals surface area contributed by atoms with Gasteiger partial charge in [-0.2, -0.15) is 5.43 Å². The lowest BCUT2D eigenvalue weighted by atomic mass is 9.84. The predicted molar refractivity (Wildman–Crippen MR) is 248 cm³/mol.